The molecule has 0 aromatic heterocycles. The normalized spacial score (nSPS) is 12.5. The quantitative estimate of drug-likeness (QED) is 0.355. The van der Waals surface area contributed by atoms with Gasteiger partial charge in [-0.2, -0.15) is 0 Å². The fourth-order valence-corrected chi connectivity index (χ4v) is 1.39. The third-order valence-electron chi connectivity index (χ3n) is 1.90. The van der Waals surface area contributed by atoms with Crippen LogP contribution in [0.4, 0.5) is 0 Å². The number of esters is 1. The van der Waals surface area contributed by atoms with Crippen molar-refractivity contribution in [1.29, 1.82) is 0 Å². The summed E-state index contributed by atoms with van der Waals surface area (Å²) in [5.74, 6) is -1.54. The molecule has 102 valence electrons. The number of carboxylic acids is 1. The Hall–Kier alpha value is -0.810. The summed E-state index contributed by atoms with van der Waals surface area (Å²) in [4.78, 5) is 21.8. The van der Waals surface area contributed by atoms with Gasteiger partial charge in [-0.05, 0) is 6.42 Å². The van der Waals surface area contributed by atoms with Crippen LogP contribution in [0.3, 0.4) is 0 Å². The zero-order chi connectivity index (χ0) is 12.8. The highest BCUT2D eigenvalue weighted by molar-refractivity contribution is 5.70. The van der Waals surface area contributed by atoms with E-state index in [1.807, 2.05) is 28.1 Å². The number of halogens is 1. The molecule has 0 spiro atoms. The van der Waals surface area contributed by atoms with Crippen molar-refractivity contribution < 1.29 is 36.3 Å². The predicted molar refractivity (Wildman–Crippen MR) is 57.3 cm³/mol. The van der Waals surface area contributed by atoms with Crippen molar-refractivity contribution in [1.82, 2.24) is 0 Å². The van der Waals surface area contributed by atoms with E-state index >= 15 is 0 Å². The second kappa shape index (κ2) is 8.31. The summed E-state index contributed by atoms with van der Waals surface area (Å²) >= 11 is 0. The minimum atomic E-state index is -1.19. The Kier molecular flexibility index (Phi) is 9.06. The number of likely N-dealkylation sites (N-methyl/N-ethyl adjacent to an activating group) is 1. The van der Waals surface area contributed by atoms with Crippen molar-refractivity contribution >= 4 is 11.9 Å². The molecule has 0 bridgehead atoms. The van der Waals surface area contributed by atoms with Gasteiger partial charge >= 0.3 is 5.97 Å². The first-order chi connectivity index (χ1) is 7.24. The molecule has 0 amide bonds. The molecule has 0 aliphatic rings. The van der Waals surface area contributed by atoms with E-state index in [0.29, 0.717) is 23.9 Å². The minimum absolute atomic E-state index is 0. The van der Waals surface area contributed by atoms with Gasteiger partial charge in [-0.25, -0.2) is 0 Å². The van der Waals surface area contributed by atoms with Crippen LogP contribution in [-0.4, -0.2) is 50.2 Å². The van der Waals surface area contributed by atoms with Crippen molar-refractivity contribution in [3.8, 4) is 0 Å². The van der Waals surface area contributed by atoms with Crippen LogP contribution >= 0.6 is 0 Å². The van der Waals surface area contributed by atoms with E-state index in [9.17, 15) is 14.7 Å². The molecule has 0 saturated heterocycles. The van der Waals surface area contributed by atoms with Gasteiger partial charge in [-0.3, -0.25) is 4.79 Å². The van der Waals surface area contributed by atoms with Crippen molar-refractivity contribution in [2.45, 2.75) is 32.3 Å². The van der Waals surface area contributed by atoms with Gasteiger partial charge in [0.2, 0.25) is 0 Å². The Morgan fingerprint density at radius 2 is 1.82 bits per heavy atom. The number of carbonyl (C=O) groups excluding carboxylic acids is 2. The van der Waals surface area contributed by atoms with Crippen LogP contribution in [0.25, 0.3) is 0 Å². The fourth-order valence-electron chi connectivity index (χ4n) is 1.39. The number of rotatable bonds is 7. The highest BCUT2D eigenvalue weighted by atomic mass is 35.5. The lowest BCUT2D eigenvalue weighted by molar-refractivity contribution is -0.873. The summed E-state index contributed by atoms with van der Waals surface area (Å²) in [5, 5.41) is 10.5. The predicted octanol–water partition coefficient (Wildman–Crippen LogP) is -3.45. The molecule has 0 N–H and O–H groups in total. The average Bonchev–Trinajstić information content (AvgIpc) is 1.98. The maximum atomic E-state index is 11.3. The second-order valence-corrected chi connectivity index (χ2v) is 4.91. The number of ether oxygens (including phenoxy) is 1. The number of carbonyl (C=O) groups is 2. The molecular weight excluding hydrogens is 246 g/mol. The Morgan fingerprint density at radius 3 is 2.18 bits per heavy atom. The fraction of sp³-hybridized carbons (Fsp3) is 0.818. The molecule has 5 nitrogen and oxygen atoms in total. The molecule has 0 aliphatic carbocycles. The Bertz CT molecular complexity index is 250. The third-order valence-corrected chi connectivity index (χ3v) is 1.90. The topological polar surface area (TPSA) is 66.4 Å². The number of aliphatic carboxylic acids is 1. The number of quaternary nitrogens is 1. The summed E-state index contributed by atoms with van der Waals surface area (Å²) in [6.07, 6.45) is 0.163. The molecular formula is C11H21ClNO4-. The van der Waals surface area contributed by atoms with E-state index in [1.54, 1.807) is 0 Å². The van der Waals surface area contributed by atoms with Crippen LogP contribution in [0.1, 0.15) is 26.2 Å². The van der Waals surface area contributed by atoms with Gasteiger partial charge in [0.25, 0.3) is 0 Å². The lowest BCUT2D eigenvalue weighted by atomic mass is 10.2. The number of nitrogens with zero attached hydrogens (tertiary/aromatic N) is 1. The largest absolute Gasteiger partial charge is 1.00 e. The molecule has 0 radical (unpaired) electrons. The molecule has 6 heteroatoms. The zero-order valence-electron chi connectivity index (χ0n) is 10.9. The molecule has 0 aliphatic heterocycles. The summed E-state index contributed by atoms with van der Waals surface area (Å²) in [6, 6.07) is 0. The first-order valence-corrected chi connectivity index (χ1v) is 5.44. The monoisotopic (exact) mass is 266 g/mol. The number of hydrogen-bond donors (Lipinski definition) is 0. The standard InChI is InChI=1S/C11H21NO4.ClH/c1-5-6-11(15)16-9(7-10(13)14)8-12(2,3)4;/h9H,5-8H2,1-4H3;1H/p-1/t9-;/m1./s1. The van der Waals surface area contributed by atoms with Crippen molar-refractivity contribution in [2.75, 3.05) is 27.7 Å². The van der Waals surface area contributed by atoms with Gasteiger partial charge in [-0.1, -0.05) is 6.92 Å². The van der Waals surface area contributed by atoms with E-state index < -0.39 is 12.1 Å². The van der Waals surface area contributed by atoms with Gasteiger partial charge in [0.15, 0.2) is 6.10 Å². The molecule has 0 aromatic carbocycles. The van der Waals surface area contributed by atoms with E-state index in [0.717, 1.165) is 0 Å². The van der Waals surface area contributed by atoms with E-state index in [-0.39, 0.29) is 24.8 Å². The molecule has 0 fully saturated rings. The van der Waals surface area contributed by atoms with E-state index in [4.69, 9.17) is 4.74 Å². The molecule has 0 aromatic rings. The van der Waals surface area contributed by atoms with Gasteiger partial charge in [0.1, 0.15) is 6.54 Å². The van der Waals surface area contributed by atoms with Crippen molar-refractivity contribution in [3.63, 3.8) is 0 Å². The van der Waals surface area contributed by atoms with Crippen LogP contribution in [0.2, 0.25) is 0 Å². The first-order valence-electron chi connectivity index (χ1n) is 5.44. The van der Waals surface area contributed by atoms with Crippen molar-refractivity contribution in [3.05, 3.63) is 0 Å². The van der Waals surface area contributed by atoms with Crippen LogP contribution in [0, 0.1) is 0 Å². The molecule has 0 rings (SSSR count). The van der Waals surface area contributed by atoms with Gasteiger partial charge in [0, 0.05) is 18.8 Å². The Balaban J connectivity index is 0. The van der Waals surface area contributed by atoms with Crippen LogP contribution < -0.4 is 17.5 Å². The van der Waals surface area contributed by atoms with E-state index in [1.165, 1.54) is 0 Å². The number of hydrogen-bond acceptors (Lipinski definition) is 4. The van der Waals surface area contributed by atoms with Crippen LogP contribution in [0.5, 0.6) is 0 Å². The molecule has 17 heavy (non-hydrogen) atoms. The highest BCUT2D eigenvalue weighted by Crippen LogP contribution is 2.06. The maximum absolute atomic E-state index is 11.3. The van der Waals surface area contributed by atoms with Gasteiger partial charge < -0.3 is 31.5 Å². The second-order valence-electron chi connectivity index (χ2n) is 4.91. The summed E-state index contributed by atoms with van der Waals surface area (Å²) < 4.78 is 5.64. The molecule has 0 saturated carbocycles. The highest BCUT2D eigenvalue weighted by Gasteiger charge is 2.21. The number of carboxylic acid groups (broad SMARTS) is 1. The molecule has 1 atom stereocenters. The van der Waals surface area contributed by atoms with Gasteiger partial charge in [-0.15, -0.1) is 0 Å². The van der Waals surface area contributed by atoms with Gasteiger partial charge in [0.05, 0.1) is 21.1 Å². The minimum Gasteiger partial charge on any atom is -1.00 e. The Morgan fingerprint density at radius 1 is 1.29 bits per heavy atom. The van der Waals surface area contributed by atoms with Crippen LogP contribution in [0.15, 0.2) is 0 Å². The third kappa shape index (κ3) is 11.5. The van der Waals surface area contributed by atoms with Crippen molar-refractivity contribution in [2.24, 2.45) is 0 Å². The smallest absolute Gasteiger partial charge is 0.306 e. The lowest BCUT2D eigenvalue weighted by Gasteiger charge is -2.29. The zero-order valence-corrected chi connectivity index (χ0v) is 11.6. The molecule has 0 heterocycles. The summed E-state index contributed by atoms with van der Waals surface area (Å²) in [7, 11) is 5.74. The Labute approximate surface area is 109 Å². The lowest BCUT2D eigenvalue weighted by Crippen LogP contribution is -3.00. The average molecular weight is 267 g/mol. The van der Waals surface area contributed by atoms with Crippen LogP contribution in [-0.2, 0) is 14.3 Å². The SMILES string of the molecule is CCCC(=O)O[C@H](CC(=O)[O-])C[N+](C)(C)C.[Cl-]. The molecule has 0 unspecified atom stereocenters. The van der Waals surface area contributed by atoms with E-state index in [2.05, 4.69) is 0 Å². The summed E-state index contributed by atoms with van der Waals surface area (Å²) in [5.41, 5.74) is 0. The first kappa shape index (κ1) is 18.6. The maximum Gasteiger partial charge on any atom is 0.306 e. The summed E-state index contributed by atoms with van der Waals surface area (Å²) in [6.45, 7) is 2.33.